The van der Waals surface area contributed by atoms with Crippen molar-refractivity contribution in [1.82, 2.24) is 19.7 Å². The van der Waals surface area contributed by atoms with Crippen molar-refractivity contribution in [2.24, 2.45) is 0 Å². The van der Waals surface area contributed by atoms with E-state index in [0.29, 0.717) is 22.3 Å². The molecule has 0 N–H and O–H groups in total. The second-order valence-electron chi connectivity index (χ2n) is 6.58. The minimum Gasteiger partial charge on any atom is -0.461 e. The van der Waals surface area contributed by atoms with Crippen molar-refractivity contribution in [2.75, 3.05) is 12.8 Å². The summed E-state index contributed by atoms with van der Waals surface area (Å²) in [7, 11) is 1.66. The fraction of sp³-hybridized carbons (Fsp3) is 0.136. The highest BCUT2D eigenvalue weighted by molar-refractivity contribution is 7.99. The molecule has 2 heterocycles. The molecule has 0 unspecified atom stereocenters. The molecule has 0 spiro atoms. The molecule has 4 aromatic rings. The van der Waals surface area contributed by atoms with Gasteiger partial charge in [-0.25, -0.2) is 4.39 Å². The maximum Gasteiger partial charge on any atom is 0.233 e. The molecule has 4 rings (SSSR count). The molecule has 0 atom stereocenters. The summed E-state index contributed by atoms with van der Waals surface area (Å²) in [5.74, 6) is 0.831. The van der Waals surface area contributed by atoms with E-state index in [0.717, 1.165) is 5.69 Å². The molecule has 2 aromatic heterocycles. The molecule has 0 bridgehead atoms. The SMILES string of the molecule is CN(Cc1ccccc1F)C(=O)CSc1nnc(-c2ccco2)n1-c1ccccc1. The van der Waals surface area contributed by atoms with Crippen LogP contribution in [0.2, 0.25) is 0 Å². The highest BCUT2D eigenvalue weighted by Gasteiger charge is 2.20. The van der Waals surface area contributed by atoms with E-state index in [1.807, 2.05) is 41.0 Å². The number of nitrogens with zero attached hydrogens (tertiary/aromatic N) is 4. The third kappa shape index (κ3) is 4.28. The van der Waals surface area contributed by atoms with Crippen LogP contribution in [-0.4, -0.2) is 38.4 Å². The first kappa shape index (κ1) is 19.9. The number of carbonyl (C=O) groups is 1. The number of hydrogen-bond acceptors (Lipinski definition) is 5. The summed E-state index contributed by atoms with van der Waals surface area (Å²) in [5.41, 5.74) is 1.34. The zero-order chi connectivity index (χ0) is 20.9. The number of para-hydroxylation sites is 1. The number of hydrogen-bond donors (Lipinski definition) is 0. The van der Waals surface area contributed by atoms with Crippen molar-refractivity contribution < 1.29 is 13.6 Å². The monoisotopic (exact) mass is 422 g/mol. The van der Waals surface area contributed by atoms with Crippen molar-refractivity contribution in [2.45, 2.75) is 11.7 Å². The van der Waals surface area contributed by atoms with Crippen LogP contribution in [0.1, 0.15) is 5.56 Å². The molecule has 0 fully saturated rings. The first-order chi connectivity index (χ1) is 14.6. The number of benzene rings is 2. The zero-order valence-corrected chi connectivity index (χ0v) is 17.1. The summed E-state index contributed by atoms with van der Waals surface area (Å²) in [6, 6.07) is 19.7. The minimum absolute atomic E-state index is 0.134. The first-order valence-corrected chi connectivity index (χ1v) is 10.3. The largest absolute Gasteiger partial charge is 0.461 e. The molecule has 0 aliphatic heterocycles. The Morgan fingerprint density at radius 2 is 1.83 bits per heavy atom. The van der Waals surface area contributed by atoms with Crippen LogP contribution >= 0.6 is 11.8 Å². The Balaban J connectivity index is 1.52. The molecular weight excluding hydrogens is 403 g/mol. The molecule has 0 saturated carbocycles. The quantitative estimate of drug-likeness (QED) is 0.413. The Labute approximate surface area is 177 Å². The lowest BCUT2D eigenvalue weighted by Crippen LogP contribution is -2.28. The molecule has 0 aliphatic rings. The fourth-order valence-corrected chi connectivity index (χ4v) is 3.84. The third-order valence-electron chi connectivity index (χ3n) is 4.51. The maximum absolute atomic E-state index is 13.9. The maximum atomic E-state index is 13.9. The van der Waals surface area contributed by atoms with Crippen molar-refractivity contribution >= 4 is 17.7 Å². The van der Waals surface area contributed by atoms with Gasteiger partial charge in [0.25, 0.3) is 0 Å². The highest BCUT2D eigenvalue weighted by Crippen LogP contribution is 2.28. The second-order valence-corrected chi connectivity index (χ2v) is 7.53. The van der Waals surface area contributed by atoms with Crippen LogP contribution < -0.4 is 0 Å². The number of carbonyl (C=O) groups excluding carboxylic acids is 1. The van der Waals surface area contributed by atoms with E-state index in [9.17, 15) is 9.18 Å². The van der Waals surface area contributed by atoms with E-state index in [2.05, 4.69) is 10.2 Å². The van der Waals surface area contributed by atoms with E-state index in [1.54, 1.807) is 37.6 Å². The van der Waals surface area contributed by atoms with Crippen molar-refractivity contribution in [3.8, 4) is 17.3 Å². The lowest BCUT2D eigenvalue weighted by Gasteiger charge is -2.17. The standard InChI is InChI=1S/C22H19FN4O2S/c1-26(14-16-8-5-6-11-18(16)23)20(28)15-30-22-25-24-21(19-12-7-13-29-19)27(22)17-9-3-2-4-10-17/h2-13H,14-15H2,1H3. The van der Waals surface area contributed by atoms with Crippen LogP contribution in [-0.2, 0) is 11.3 Å². The zero-order valence-electron chi connectivity index (χ0n) is 16.2. The Morgan fingerprint density at radius 3 is 2.57 bits per heavy atom. The van der Waals surface area contributed by atoms with Crippen LogP contribution in [0.3, 0.4) is 0 Å². The van der Waals surface area contributed by atoms with Gasteiger partial charge in [0.05, 0.1) is 12.0 Å². The van der Waals surface area contributed by atoms with Gasteiger partial charge in [-0.1, -0.05) is 48.2 Å². The van der Waals surface area contributed by atoms with Crippen LogP contribution in [0.15, 0.2) is 82.6 Å². The van der Waals surface area contributed by atoms with Gasteiger partial charge in [-0.05, 0) is 30.3 Å². The average molecular weight is 422 g/mol. The van der Waals surface area contributed by atoms with Crippen LogP contribution in [0.5, 0.6) is 0 Å². The topological polar surface area (TPSA) is 64.2 Å². The number of amides is 1. The summed E-state index contributed by atoms with van der Waals surface area (Å²) in [4.78, 5) is 14.1. The summed E-state index contributed by atoms with van der Waals surface area (Å²) in [5, 5.41) is 9.09. The summed E-state index contributed by atoms with van der Waals surface area (Å²) < 4.78 is 21.2. The Morgan fingerprint density at radius 1 is 1.07 bits per heavy atom. The molecule has 6 nitrogen and oxygen atoms in total. The molecule has 0 saturated heterocycles. The van der Waals surface area contributed by atoms with Crippen molar-refractivity contribution in [3.63, 3.8) is 0 Å². The highest BCUT2D eigenvalue weighted by atomic mass is 32.2. The number of aromatic nitrogens is 3. The van der Waals surface area contributed by atoms with E-state index >= 15 is 0 Å². The Kier molecular flexibility index (Phi) is 5.94. The van der Waals surface area contributed by atoms with Gasteiger partial charge in [0.1, 0.15) is 5.82 Å². The molecule has 2 aromatic carbocycles. The minimum atomic E-state index is -0.322. The van der Waals surface area contributed by atoms with Gasteiger partial charge < -0.3 is 9.32 Å². The van der Waals surface area contributed by atoms with Crippen LogP contribution in [0, 0.1) is 5.82 Å². The predicted molar refractivity (Wildman–Crippen MR) is 113 cm³/mol. The molecular formula is C22H19FN4O2S. The van der Waals surface area contributed by atoms with E-state index < -0.39 is 0 Å². The summed E-state index contributed by atoms with van der Waals surface area (Å²) in [6.07, 6.45) is 1.58. The summed E-state index contributed by atoms with van der Waals surface area (Å²) >= 11 is 1.27. The van der Waals surface area contributed by atoms with Gasteiger partial charge in [0, 0.05) is 24.8 Å². The number of rotatable bonds is 7. The molecule has 8 heteroatoms. The molecule has 0 radical (unpaired) electrons. The van der Waals surface area contributed by atoms with Gasteiger partial charge >= 0.3 is 0 Å². The molecule has 1 amide bonds. The normalized spacial score (nSPS) is 10.9. The van der Waals surface area contributed by atoms with Crippen LogP contribution in [0.25, 0.3) is 17.3 Å². The summed E-state index contributed by atoms with van der Waals surface area (Å²) in [6.45, 7) is 0.203. The average Bonchev–Trinajstić information content (AvgIpc) is 3.44. The number of furan rings is 1. The fourth-order valence-electron chi connectivity index (χ4n) is 2.95. The van der Waals surface area contributed by atoms with Gasteiger partial charge in [0.2, 0.25) is 11.7 Å². The van der Waals surface area contributed by atoms with Gasteiger partial charge in [0.15, 0.2) is 10.9 Å². The second kappa shape index (κ2) is 8.96. The molecule has 152 valence electrons. The Hall–Kier alpha value is -3.39. The smallest absolute Gasteiger partial charge is 0.233 e. The van der Waals surface area contributed by atoms with Gasteiger partial charge in [-0.3, -0.25) is 9.36 Å². The van der Waals surface area contributed by atoms with Crippen LogP contribution in [0.4, 0.5) is 4.39 Å². The molecule has 30 heavy (non-hydrogen) atoms. The van der Waals surface area contributed by atoms with Gasteiger partial charge in [-0.15, -0.1) is 10.2 Å². The van der Waals surface area contributed by atoms with Crippen molar-refractivity contribution in [3.05, 3.63) is 84.4 Å². The number of halogens is 1. The van der Waals surface area contributed by atoms with Crippen molar-refractivity contribution in [1.29, 1.82) is 0 Å². The lowest BCUT2D eigenvalue weighted by atomic mass is 10.2. The first-order valence-electron chi connectivity index (χ1n) is 9.28. The van der Waals surface area contributed by atoms with E-state index in [-0.39, 0.29) is 24.0 Å². The van der Waals surface area contributed by atoms with E-state index in [1.165, 1.54) is 22.7 Å². The Bertz CT molecular complexity index is 1130. The lowest BCUT2D eigenvalue weighted by molar-refractivity contribution is -0.127. The number of thioether (sulfide) groups is 1. The van der Waals surface area contributed by atoms with E-state index in [4.69, 9.17) is 4.42 Å². The third-order valence-corrected chi connectivity index (χ3v) is 5.42. The predicted octanol–water partition coefficient (Wildman–Crippen LogP) is 4.42. The van der Waals surface area contributed by atoms with Gasteiger partial charge in [-0.2, -0.15) is 0 Å². The molecule has 0 aliphatic carbocycles.